The van der Waals surface area contributed by atoms with Gasteiger partial charge in [-0.2, -0.15) is 0 Å². The molecule has 0 radical (unpaired) electrons. The third kappa shape index (κ3) is 3.65. The molecule has 3 nitrogen and oxygen atoms in total. The van der Waals surface area contributed by atoms with Crippen molar-refractivity contribution in [3.05, 3.63) is 29.8 Å². The number of hydrogen-bond donors (Lipinski definition) is 1. The van der Waals surface area contributed by atoms with E-state index in [1.807, 2.05) is 0 Å². The van der Waals surface area contributed by atoms with Crippen LogP contribution in [-0.2, 0) is 4.74 Å². The lowest BCUT2D eigenvalue weighted by atomic mass is 10.2. The van der Waals surface area contributed by atoms with Crippen LogP contribution in [0.5, 0.6) is 0 Å². The van der Waals surface area contributed by atoms with Crippen LogP contribution in [0.15, 0.2) is 18.2 Å². The zero-order valence-electron chi connectivity index (χ0n) is 10.5. The summed E-state index contributed by atoms with van der Waals surface area (Å²) in [6.45, 7) is 6.16. The minimum atomic E-state index is -0.572. The van der Waals surface area contributed by atoms with E-state index in [1.54, 1.807) is 0 Å². The Morgan fingerprint density at radius 3 is 2.72 bits per heavy atom. The molecule has 1 aliphatic heterocycles. The van der Waals surface area contributed by atoms with Crippen molar-refractivity contribution in [2.24, 2.45) is 0 Å². The summed E-state index contributed by atoms with van der Waals surface area (Å²) in [4.78, 5) is 2.29. The van der Waals surface area contributed by atoms with Gasteiger partial charge in [-0.05, 0) is 18.7 Å². The van der Waals surface area contributed by atoms with Gasteiger partial charge < -0.3 is 10.1 Å². The van der Waals surface area contributed by atoms with Gasteiger partial charge in [0.25, 0.3) is 0 Å². The molecule has 0 amide bonds. The molecule has 100 valence electrons. The second kappa shape index (κ2) is 6.11. The number of nitrogens with one attached hydrogen (secondary N) is 1. The van der Waals surface area contributed by atoms with Crippen molar-refractivity contribution < 1.29 is 13.5 Å². The Labute approximate surface area is 106 Å². The minimum absolute atomic E-state index is 0.0602. The molecule has 1 unspecified atom stereocenters. The Kier molecular flexibility index (Phi) is 4.49. The number of rotatable bonds is 4. The molecular formula is C13H18F2N2O. The Balaban J connectivity index is 1.87. The number of ether oxygens (including phenoxy) is 1. The van der Waals surface area contributed by atoms with Gasteiger partial charge >= 0.3 is 0 Å². The number of hydrogen-bond acceptors (Lipinski definition) is 3. The van der Waals surface area contributed by atoms with Gasteiger partial charge in [-0.15, -0.1) is 0 Å². The molecule has 0 bridgehead atoms. The van der Waals surface area contributed by atoms with Crippen molar-refractivity contribution in [1.29, 1.82) is 0 Å². The lowest BCUT2D eigenvalue weighted by Crippen LogP contribution is -2.45. The Morgan fingerprint density at radius 2 is 2.06 bits per heavy atom. The fraction of sp³-hybridized carbons (Fsp3) is 0.538. The molecule has 18 heavy (non-hydrogen) atoms. The van der Waals surface area contributed by atoms with Crippen molar-refractivity contribution >= 4 is 5.69 Å². The van der Waals surface area contributed by atoms with Gasteiger partial charge in [0.05, 0.1) is 12.7 Å². The summed E-state index contributed by atoms with van der Waals surface area (Å²) < 4.78 is 31.6. The van der Waals surface area contributed by atoms with E-state index in [0.29, 0.717) is 18.8 Å². The molecule has 0 aliphatic carbocycles. The van der Waals surface area contributed by atoms with E-state index in [1.165, 1.54) is 12.1 Å². The highest BCUT2D eigenvalue weighted by atomic mass is 19.1. The lowest BCUT2D eigenvalue weighted by molar-refractivity contribution is -0.0191. The molecule has 1 fully saturated rings. The van der Waals surface area contributed by atoms with Crippen molar-refractivity contribution in [1.82, 2.24) is 4.90 Å². The number of halogens is 2. The van der Waals surface area contributed by atoms with Crippen LogP contribution in [0.4, 0.5) is 14.5 Å². The first kappa shape index (κ1) is 13.2. The predicted molar refractivity (Wildman–Crippen MR) is 66.7 cm³/mol. The van der Waals surface area contributed by atoms with Crippen LogP contribution in [-0.4, -0.2) is 43.8 Å². The summed E-state index contributed by atoms with van der Waals surface area (Å²) in [5.74, 6) is -1.14. The van der Waals surface area contributed by atoms with Crippen LogP contribution in [0.3, 0.4) is 0 Å². The Morgan fingerprint density at radius 1 is 1.33 bits per heavy atom. The molecule has 1 aromatic carbocycles. The molecule has 1 aliphatic rings. The van der Waals surface area contributed by atoms with Crippen LogP contribution in [0.25, 0.3) is 0 Å². The minimum Gasteiger partial charge on any atom is -0.382 e. The summed E-state index contributed by atoms with van der Waals surface area (Å²) in [5, 5.41) is 3.01. The lowest BCUT2D eigenvalue weighted by Gasteiger charge is -2.32. The third-order valence-corrected chi connectivity index (χ3v) is 3.07. The first-order chi connectivity index (χ1) is 8.67. The summed E-state index contributed by atoms with van der Waals surface area (Å²) in [6.07, 6.45) is 0.0602. The molecule has 5 heteroatoms. The number of likely N-dealkylation sites (N-methyl/N-ethyl adjacent to an activating group) is 1. The van der Waals surface area contributed by atoms with E-state index in [4.69, 9.17) is 4.74 Å². The van der Waals surface area contributed by atoms with Crippen LogP contribution in [0.2, 0.25) is 0 Å². The van der Waals surface area contributed by atoms with Gasteiger partial charge in [0.15, 0.2) is 0 Å². The second-order valence-corrected chi connectivity index (χ2v) is 4.43. The average Bonchev–Trinajstić information content (AvgIpc) is 2.35. The standard InChI is InChI=1S/C13H18F2N2O/c1-2-17-3-4-18-13(9-17)8-16-12-6-10(14)5-11(15)7-12/h5-7,13,16H,2-4,8-9H2,1H3. The molecule has 1 aromatic rings. The molecule has 0 spiro atoms. The SMILES string of the molecule is CCN1CCOC(CNc2cc(F)cc(F)c2)C1. The van der Waals surface area contributed by atoms with Gasteiger partial charge in [-0.25, -0.2) is 8.78 Å². The van der Waals surface area contributed by atoms with E-state index < -0.39 is 11.6 Å². The highest BCUT2D eigenvalue weighted by molar-refractivity contribution is 5.43. The molecule has 0 saturated carbocycles. The molecule has 1 saturated heterocycles. The van der Waals surface area contributed by atoms with Crippen LogP contribution >= 0.6 is 0 Å². The van der Waals surface area contributed by atoms with Crippen molar-refractivity contribution in [3.63, 3.8) is 0 Å². The van der Waals surface area contributed by atoms with E-state index in [9.17, 15) is 8.78 Å². The van der Waals surface area contributed by atoms with Crippen LogP contribution < -0.4 is 5.32 Å². The van der Waals surface area contributed by atoms with Crippen molar-refractivity contribution in [3.8, 4) is 0 Å². The molecule has 1 N–H and O–H groups in total. The van der Waals surface area contributed by atoms with Gasteiger partial charge in [0.1, 0.15) is 11.6 Å². The molecule has 0 aromatic heterocycles. The summed E-state index contributed by atoms with van der Waals surface area (Å²) >= 11 is 0. The average molecular weight is 256 g/mol. The molecular weight excluding hydrogens is 238 g/mol. The van der Waals surface area contributed by atoms with Gasteiger partial charge in [-0.3, -0.25) is 4.90 Å². The topological polar surface area (TPSA) is 24.5 Å². The fourth-order valence-electron chi connectivity index (χ4n) is 2.08. The van der Waals surface area contributed by atoms with Gasteiger partial charge in [0, 0.05) is 31.4 Å². The highest BCUT2D eigenvalue weighted by Gasteiger charge is 2.18. The van der Waals surface area contributed by atoms with Crippen LogP contribution in [0, 0.1) is 11.6 Å². The first-order valence-corrected chi connectivity index (χ1v) is 6.21. The predicted octanol–water partition coefficient (Wildman–Crippen LogP) is 2.10. The largest absolute Gasteiger partial charge is 0.382 e. The van der Waals surface area contributed by atoms with Crippen molar-refractivity contribution in [2.45, 2.75) is 13.0 Å². The van der Waals surface area contributed by atoms with Crippen molar-refractivity contribution in [2.75, 3.05) is 38.1 Å². The van der Waals surface area contributed by atoms with Crippen LogP contribution in [0.1, 0.15) is 6.92 Å². The second-order valence-electron chi connectivity index (χ2n) is 4.43. The smallest absolute Gasteiger partial charge is 0.128 e. The number of morpholine rings is 1. The maximum atomic E-state index is 13.0. The maximum absolute atomic E-state index is 13.0. The Bertz CT molecular complexity index is 380. The molecule has 1 atom stereocenters. The molecule has 1 heterocycles. The maximum Gasteiger partial charge on any atom is 0.128 e. The van der Waals surface area contributed by atoms with E-state index in [0.717, 1.165) is 25.7 Å². The normalized spacial score (nSPS) is 20.9. The van der Waals surface area contributed by atoms with E-state index in [-0.39, 0.29) is 6.10 Å². The molecule has 2 rings (SSSR count). The first-order valence-electron chi connectivity index (χ1n) is 6.21. The van der Waals surface area contributed by atoms with E-state index >= 15 is 0 Å². The van der Waals surface area contributed by atoms with Gasteiger partial charge in [-0.1, -0.05) is 6.92 Å². The number of anilines is 1. The zero-order chi connectivity index (χ0) is 13.0. The fourth-order valence-corrected chi connectivity index (χ4v) is 2.08. The number of benzene rings is 1. The summed E-state index contributed by atoms with van der Waals surface area (Å²) in [6, 6.07) is 3.42. The van der Waals surface area contributed by atoms with E-state index in [2.05, 4.69) is 17.1 Å². The van der Waals surface area contributed by atoms with Gasteiger partial charge in [0.2, 0.25) is 0 Å². The third-order valence-electron chi connectivity index (χ3n) is 3.07. The number of nitrogens with zero attached hydrogens (tertiary/aromatic N) is 1. The quantitative estimate of drug-likeness (QED) is 0.893. The zero-order valence-corrected chi connectivity index (χ0v) is 10.5. The summed E-state index contributed by atoms with van der Waals surface area (Å²) in [7, 11) is 0. The Hall–Kier alpha value is -1.20. The monoisotopic (exact) mass is 256 g/mol. The highest BCUT2D eigenvalue weighted by Crippen LogP contribution is 2.13. The summed E-state index contributed by atoms with van der Waals surface area (Å²) in [5.41, 5.74) is 0.449.